The molecular weight excluding hydrogens is 286 g/mol. The Morgan fingerprint density at radius 2 is 1.95 bits per heavy atom. The maximum Gasteiger partial charge on any atom is 0.126 e. The van der Waals surface area contributed by atoms with Gasteiger partial charge in [-0.25, -0.2) is 0 Å². The molecule has 0 saturated heterocycles. The summed E-state index contributed by atoms with van der Waals surface area (Å²) in [7, 11) is 0. The summed E-state index contributed by atoms with van der Waals surface area (Å²) < 4.78 is 11.7. The lowest BCUT2D eigenvalue weighted by Crippen LogP contribution is -2.30. The average molecular weight is 306 g/mol. The first-order chi connectivity index (χ1) is 9.85. The predicted octanol–water partition coefficient (Wildman–Crippen LogP) is 3.34. The fraction of sp³-hybridized carbons (Fsp3) is 0.294. The molecule has 1 aliphatic rings. The molecule has 3 rings (SSSR count). The zero-order chi connectivity index (χ0) is 13.8. The third-order valence-corrected chi connectivity index (χ3v) is 3.58. The van der Waals surface area contributed by atoms with Gasteiger partial charge in [-0.3, -0.25) is 0 Å². The Labute approximate surface area is 131 Å². The van der Waals surface area contributed by atoms with E-state index in [-0.39, 0.29) is 18.5 Å². The number of fused-ring (bicyclic) bond motifs is 1. The van der Waals surface area contributed by atoms with Gasteiger partial charge in [0.2, 0.25) is 0 Å². The van der Waals surface area contributed by atoms with Crippen LogP contribution in [0.15, 0.2) is 48.5 Å². The third-order valence-electron chi connectivity index (χ3n) is 3.58. The van der Waals surface area contributed by atoms with Crippen LogP contribution in [0.3, 0.4) is 0 Å². The number of aryl methyl sites for hydroxylation is 1. The lowest BCUT2D eigenvalue weighted by atomic mass is 10.0. The molecule has 1 aliphatic heterocycles. The van der Waals surface area contributed by atoms with Crippen molar-refractivity contribution in [1.82, 2.24) is 0 Å². The van der Waals surface area contributed by atoms with Gasteiger partial charge in [-0.2, -0.15) is 0 Å². The summed E-state index contributed by atoms with van der Waals surface area (Å²) in [5, 5.41) is 0. The zero-order valence-electron chi connectivity index (χ0n) is 11.8. The fourth-order valence-electron chi connectivity index (χ4n) is 2.40. The molecule has 0 saturated carbocycles. The van der Waals surface area contributed by atoms with Crippen LogP contribution >= 0.6 is 12.4 Å². The van der Waals surface area contributed by atoms with E-state index < -0.39 is 0 Å². The summed E-state index contributed by atoms with van der Waals surface area (Å²) >= 11 is 0. The number of nitrogens with two attached hydrogens (primary N) is 1. The van der Waals surface area contributed by atoms with Crippen LogP contribution in [0, 0.1) is 0 Å². The molecule has 112 valence electrons. The summed E-state index contributed by atoms with van der Waals surface area (Å²) in [4.78, 5) is 0. The third kappa shape index (κ3) is 3.90. The lowest BCUT2D eigenvalue weighted by Gasteiger charge is -2.25. The van der Waals surface area contributed by atoms with E-state index in [0.29, 0.717) is 13.2 Å². The van der Waals surface area contributed by atoms with E-state index in [0.717, 1.165) is 29.9 Å². The minimum absolute atomic E-state index is 0. The van der Waals surface area contributed by atoms with Crippen molar-refractivity contribution >= 4 is 12.4 Å². The molecule has 0 amide bonds. The standard InChI is InChI=1S/C17H19NO2.ClH/c18-11-16-9-7-14-6-8-15(10-17(14)20-16)19-12-13-4-2-1-3-5-13;/h1-6,8,10,16H,7,9,11-12,18H2;1H. The van der Waals surface area contributed by atoms with Crippen LogP contribution < -0.4 is 15.2 Å². The Kier molecular flexibility index (Phi) is 5.48. The molecule has 3 nitrogen and oxygen atoms in total. The van der Waals surface area contributed by atoms with E-state index in [9.17, 15) is 0 Å². The molecule has 0 aliphatic carbocycles. The van der Waals surface area contributed by atoms with Crippen molar-refractivity contribution in [2.45, 2.75) is 25.6 Å². The summed E-state index contributed by atoms with van der Waals surface area (Å²) in [6, 6.07) is 16.2. The highest BCUT2D eigenvalue weighted by molar-refractivity contribution is 5.85. The maximum absolute atomic E-state index is 5.87. The van der Waals surface area contributed by atoms with Gasteiger partial charge in [-0.15, -0.1) is 12.4 Å². The predicted molar refractivity (Wildman–Crippen MR) is 86.3 cm³/mol. The molecular formula is C17H20ClNO2. The number of rotatable bonds is 4. The van der Waals surface area contributed by atoms with Gasteiger partial charge in [0, 0.05) is 12.6 Å². The van der Waals surface area contributed by atoms with Gasteiger partial charge in [-0.05, 0) is 30.0 Å². The Balaban J connectivity index is 0.00000161. The summed E-state index contributed by atoms with van der Waals surface area (Å²) in [6.45, 7) is 1.13. The SMILES string of the molecule is Cl.NCC1CCc2ccc(OCc3ccccc3)cc2O1. The minimum Gasteiger partial charge on any atom is -0.489 e. The van der Waals surface area contributed by atoms with Gasteiger partial charge < -0.3 is 15.2 Å². The topological polar surface area (TPSA) is 44.5 Å². The quantitative estimate of drug-likeness (QED) is 0.942. The molecule has 2 N–H and O–H groups in total. The van der Waals surface area contributed by atoms with Crippen molar-refractivity contribution in [3.05, 3.63) is 59.7 Å². The van der Waals surface area contributed by atoms with Crippen LogP contribution in [0.4, 0.5) is 0 Å². The van der Waals surface area contributed by atoms with E-state index in [4.69, 9.17) is 15.2 Å². The molecule has 21 heavy (non-hydrogen) atoms. The second-order valence-electron chi connectivity index (χ2n) is 5.06. The summed E-state index contributed by atoms with van der Waals surface area (Å²) in [6.07, 6.45) is 2.15. The van der Waals surface area contributed by atoms with E-state index in [1.807, 2.05) is 30.3 Å². The molecule has 0 aromatic heterocycles. The van der Waals surface area contributed by atoms with Crippen molar-refractivity contribution in [3.8, 4) is 11.5 Å². The van der Waals surface area contributed by atoms with Crippen molar-refractivity contribution in [3.63, 3.8) is 0 Å². The van der Waals surface area contributed by atoms with Crippen LogP contribution in [0.2, 0.25) is 0 Å². The first kappa shape index (κ1) is 15.7. The smallest absolute Gasteiger partial charge is 0.126 e. The Hall–Kier alpha value is -1.71. The van der Waals surface area contributed by atoms with E-state index in [1.54, 1.807) is 0 Å². The van der Waals surface area contributed by atoms with Crippen molar-refractivity contribution < 1.29 is 9.47 Å². The molecule has 0 bridgehead atoms. The second-order valence-corrected chi connectivity index (χ2v) is 5.06. The number of hydrogen-bond donors (Lipinski definition) is 1. The molecule has 4 heteroatoms. The molecule has 2 aromatic carbocycles. The average Bonchev–Trinajstić information content (AvgIpc) is 2.53. The molecule has 2 aromatic rings. The molecule has 0 spiro atoms. The van der Waals surface area contributed by atoms with Crippen LogP contribution in [-0.4, -0.2) is 12.6 Å². The molecule has 0 radical (unpaired) electrons. The first-order valence-corrected chi connectivity index (χ1v) is 7.01. The summed E-state index contributed by atoms with van der Waals surface area (Å²) in [5.74, 6) is 1.75. The molecule has 1 unspecified atom stereocenters. The molecule has 0 fully saturated rings. The summed E-state index contributed by atoms with van der Waals surface area (Å²) in [5.41, 5.74) is 8.07. The number of ether oxygens (including phenoxy) is 2. The van der Waals surface area contributed by atoms with Crippen LogP contribution in [0.5, 0.6) is 11.5 Å². The van der Waals surface area contributed by atoms with Gasteiger partial charge in [0.25, 0.3) is 0 Å². The van der Waals surface area contributed by atoms with Crippen LogP contribution in [-0.2, 0) is 13.0 Å². The van der Waals surface area contributed by atoms with Crippen LogP contribution in [0.1, 0.15) is 17.5 Å². The van der Waals surface area contributed by atoms with E-state index >= 15 is 0 Å². The first-order valence-electron chi connectivity index (χ1n) is 7.01. The number of benzene rings is 2. The second kappa shape index (κ2) is 7.34. The highest BCUT2D eigenvalue weighted by atomic mass is 35.5. The van der Waals surface area contributed by atoms with Gasteiger partial charge in [-0.1, -0.05) is 36.4 Å². The van der Waals surface area contributed by atoms with Crippen molar-refractivity contribution in [2.24, 2.45) is 5.73 Å². The van der Waals surface area contributed by atoms with E-state index in [2.05, 4.69) is 18.2 Å². The number of hydrogen-bond acceptors (Lipinski definition) is 3. The fourth-order valence-corrected chi connectivity index (χ4v) is 2.40. The largest absolute Gasteiger partial charge is 0.489 e. The van der Waals surface area contributed by atoms with E-state index in [1.165, 1.54) is 5.56 Å². The maximum atomic E-state index is 5.87. The van der Waals surface area contributed by atoms with Crippen molar-refractivity contribution in [2.75, 3.05) is 6.54 Å². The van der Waals surface area contributed by atoms with Gasteiger partial charge in [0.05, 0.1) is 0 Å². The van der Waals surface area contributed by atoms with Gasteiger partial charge >= 0.3 is 0 Å². The highest BCUT2D eigenvalue weighted by Gasteiger charge is 2.18. The van der Waals surface area contributed by atoms with Crippen molar-refractivity contribution in [1.29, 1.82) is 0 Å². The molecule has 1 heterocycles. The zero-order valence-corrected chi connectivity index (χ0v) is 12.6. The monoisotopic (exact) mass is 305 g/mol. The Bertz CT molecular complexity index is 574. The highest BCUT2D eigenvalue weighted by Crippen LogP contribution is 2.31. The molecule has 1 atom stereocenters. The Morgan fingerprint density at radius 1 is 1.14 bits per heavy atom. The number of halogens is 1. The van der Waals surface area contributed by atoms with Crippen LogP contribution in [0.25, 0.3) is 0 Å². The normalized spacial score (nSPS) is 16.3. The minimum atomic E-state index is 0. The lowest BCUT2D eigenvalue weighted by molar-refractivity contribution is 0.180. The Morgan fingerprint density at radius 3 is 2.71 bits per heavy atom. The van der Waals surface area contributed by atoms with Gasteiger partial charge in [0.1, 0.15) is 24.2 Å². The van der Waals surface area contributed by atoms with Gasteiger partial charge in [0.15, 0.2) is 0 Å².